The van der Waals surface area contributed by atoms with Crippen molar-refractivity contribution in [3.63, 3.8) is 0 Å². The number of methoxy groups -OCH3 is 1. The van der Waals surface area contributed by atoms with E-state index in [0.29, 0.717) is 11.4 Å². The van der Waals surface area contributed by atoms with Crippen molar-refractivity contribution in [2.24, 2.45) is 5.14 Å². The smallest absolute Gasteiger partial charge is 0.238 e. The maximum Gasteiger partial charge on any atom is 0.238 e. The summed E-state index contributed by atoms with van der Waals surface area (Å²) >= 11 is 0. The molecule has 1 atom stereocenters. The first-order valence-electron chi connectivity index (χ1n) is 5.88. The third kappa shape index (κ3) is 3.09. The summed E-state index contributed by atoms with van der Waals surface area (Å²) in [7, 11) is -2.24. The Kier molecular flexibility index (Phi) is 3.96. The summed E-state index contributed by atoms with van der Waals surface area (Å²) < 4.78 is 28.0. The lowest BCUT2D eigenvalue weighted by molar-refractivity contribution is 0.415. The van der Waals surface area contributed by atoms with E-state index in [1.807, 2.05) is 13.0 Å². The third-order valence-electron chi connectivity index (χ3n) is 2.86. The number of benzene rings is 1. The molecule has 0 aliphatic rings. The van der Waals surface area contributed by atoms with Gasteiger partial charge in [-0.3, -0.25) is 5.10 Å². The minimum Gasteiger partial charge on any atom is -0.495 e. The largest absolute Gasteiger partial charge is 0.495 e. The quantitative estimate of drug-likeness (QED) is 0.769. The molecule has 0 radical (unpaired) electrons. The number of aromatic nitrogens is 2. The number of rotatable bonds is 5. The summed E-state index contributed by atoms with van der Waals surface area (Å²) in [6.45, 7) is 1.91. The molecule has 1 heterocycles. The van der Waals surface area contributed by atoms with E-state index >= 15 is 0 Å². The van der Waals surface area contributed by atoms with Crippen LogP contribution in [0.1, 0.15) is 18.7 Å². The van der Waals surface area contributed by atoms with Crippen LogP contribution in [0.15, 0.2) is 35.4 Å². The van der Waals surface area contributed by atoms with Gasteiger partial charge in [0, 0.05) is 6.20 Å². The van der Waals surface area contributed by atoms with Crippen LogP contribution < -0.4 is 15.2 Å². The first kappa shape index (κ1) is 14.4. The number of aromatic amines is 1. The lowest BCUT2D eigenvalue weighted by Gasteiger charge is -2.17. The van der Waals surface area contributed by atoms with Crippen LogP contribution in [0.3, 0.4) is 0 Å². The number of ether oxygens (including phenoxy) is 1. The van der Waals surface area contributed by atoms with Crippen molar-refractivity contribution in [2.75, 3.05) is 12.4 Å². The van der Waals surface area contributed by atoms with E-state index in [1.165, 1.54) is 19.2 Å². The summed E-state index contributed by atoms with van der Waals surface area (Å²) in [5, 5.41) is 15.0. The minimum absolute atomic E-state index is 0.0256. The van der Waals surface area contributed by atoms with Gasteiger partial charge in [-0.15, -0.1) is 0 Å². The predicted molar refractivity (Wildman–Crippen MR) is 75.0 cm³/mol. The summed E-state index contributed by atoms with van der Waals surface area (Å²) in [6.07, 6.45) is 1.64. The molecule has 7 nitrogen and oxygen atoms in total. The Morgan fingerprint density at radius 1 is 1.40 bits per heavy atom. The van der Waals surface area contributed by atoms with Crippen LogP contribution in [0.5, 0.6) is 5.75 Å². The number of H-pyrrole nitrogens is 1. The van der Waals surface area contributed by atoms with Crippen molar-refractivity contribution in [1.29, 1.82) is 0 Å². The highest BCUT2D eigenvalue weighted by molar-refractivity contribution is 7.89. The lowest BCUT2D eigenvalue weighted by atomic mass is 10.2. The summed E-state index contributed by atoms with van der Waals surface area (Å²) in [5.41, 5.74) is 1.41. The van der Waals surface area contributed by atoms with Crippen molar-refractivity contribution in [2.45, 2.75) is 17.9 Å². The SMILES string of the molecule is COc1ccc(S(N)(=O)=O)cc1NC(C)c1ccn[nH]1. The molecular formula is C12H16N4O3S. The zero-order valence-electron chi connectivity index (χ0n) is 11.1. The molecule has 0 saturated heterocycles. The molecule has 0 fully saturated rings. The molecule has 8 heteroatoms. The van der Waals surface area contributed by atoms with Gasteiger partial charge in [0.2, 0.25) is 10.0 Å². The van der Waals surface area contributed by atoms with E-state index in [2.05, 4.69) is 15.5 Å². The molecular weight excluding hydrogens is 280 g/mol. The molecule has 4 N–H and O–H groups in total. The topological polar surface area (TPSA) is 110 Å². The number of nitrogens with one attached hydrogen (secondary N) is 2. The van der Waals surface area contributed by atoms with Crippen LogP contribution in [0.4, 0.5) is 5.69 Å². The Balaban J connectivity index is 2.34. The van der Waals surface area contributed by atoms with Crippen molar-refractivity contribution < 1.29 is 13.2 Å². The first-order valence-corrected chi connectivity index (χ1v) is 7.43. The Hall–Kier alpha value is -2.06. The maximum absolute atomic E-state index is 11.4. The standard InChI is InChI=1S/C12H16N4O3S/c1-8(10-5-6-14-16-10)15-11-7-9(20(13,17)18)3-4-12(11)19-2/h3-8,15H,1-2H3,(H,14,16)(H2,13,17,18). The summed E-state index contributed by atoms with van der Waals surface area (Å²) in [5.74, 6) is 0.531. The number of nitrogens with zero attached hydrogens (tertiary/aromatic N) is 1. The van der Waals surface area contributed by atoms with Gasteiger partial charge in [-0.05, 0) is 31.2 Å². The monoisotopic (exact) mass is 296 g/mol. The van der Waals surface area contributed by atoms with Gasteiger partial charge in [0.05, 0.1) is 29.4 Å². The summed E-state index contributed by atoms with van der Waals surface area (Å²) in [6, 6.07) is 6.14. The Labute approximate surface area is 117 Å². The fourth-order valence-corrected chi connectivity index (χ4v) is 2.34. The molecule has 1 unspecified atom stereocenters. The van der Waals surface area contributed by atoms with Gasteiger partial charge in [-0.1, -0.05) is 0 Å². The molecule has 20 heavy (non-hydrogen) atoms. The second kappa shape index (κ2) is 5.51. The Morgan fingerprint density at radius 3 is 2.70 bits per heavy atom. The second-order valence-electron chi connectivity index (χ2n) is 4.29. The maximum atomic E-state index is 11.4. The van der Waals surface area contributed by atoms with Crippen molar-refractivity contribution >= 4 is 15.7 Å². The van der Waals surface area contributed by atoms with Crippen LogP contribution in [0.25, 0.3) is 0 Å². The molecule has 0 aliphatic carbocycles. The number of nitrogens with two attached hydrogens (primary N) is 1. The predicted octanol–water partition coefficient (Wildman–Crippen LogP) is 1.24. The number of hydrogen-bond acceptors (Lipinski definition) is 5. The molecule has 108 valence electrons. The van der Waals surface area contributed by atoms with Crippen LogP contribution in [0.2, 0.25) is 0 Å². The van der Waals surface area contributed by atoms with Crippen LogP contribution in [-0.2, 0) is 10.0 Å². The molecule has 0 saturated carbocycles. The normalized spacial score (nSPS) is 12.9. The molecule has 0 spiro atoms. The van der Waals surface area contributed by atoms with Crippen molar-refractivity contribution in [3.8, 4) is 5.75 Å². The van der Waals surface area contributed by atoms with Gasteiger partial charge in [-0.25, -0.2) is 13.6 Å². The van der Waals surface area contributed by atoms with E-state index in [-0.39, 0.29) is 10.9 Å². The molecule has 2 aromatic rings. The first-order chi connectivity index (χ1) is 9.41. The third-order valence-corrected chi connectivity index (χ3v) is 3.77. The highest BCUT2D eigenvalue weighted by atomic mass is 32.2. The molecule has 0 aliphatic heterocycles. The zero-order chi connectivity index (χ0) is 14.8. The highest BCUT2D eigenvalue weighted by Crippen LogP contribution is 2.29. The highest BCUT2D eigenvalue weighted by Gasteiger charge is 2.14. The zero-order valence-corrected chi connectivity index (χ0v) is 11.9. The van der Waals surface area contributed by atoms with E-state index < -0.39 is 10.0 Å². The molecule has 0 bridgehead atoms. The van der Waals surface area contributed by atoms with E-state index in [9.17, 15) is 8.42 Å². The number of primary sulfonamides is 1. The minimum atomic E-state index is -3.76. The number of anilines is 1. The fourth-order valence-electron chi connectivity index (χ4n) is 1.80. The van der Waals surface area contributed by atoms with Crippen LogP contribution >= 0.6 is 0 Å². The number of sulfonamides is 1. The molecule has 1 aromatic carbocycles. The average molecular weight is 296 g/mol. The van der Waals surface area contributed by atoms with Gasteiger partial charge in [0.15, 0.2) is 0 Å². The fraction of sp³-hybridized carbons (Fsp3) is 0.250. The summed E-state index contributed by atoms with van der Waals surface area (Å²) in [4.78, 5) is 0.0256. The van der Waals surface area contributed by atoms with E-state index in [4.69, 9.17) is 9.88 Å². The average Bonchev–Trinajstić information content (AvgIpc) is 2.91. The molecule has 0 amide bonds. The van der Waals surface area contributed by atoms with Crippen molar-refractivity contribution in [1.82, 2.24) is 10.2 Å². The van der Waals surface area contributed by atoms with E-state index in [0.717, 1.165) is 5.69 Å². The van der Waals surface area contributed by atoms with Gasteiger partial charge in [0.25, 0.3) is 0 Å². The molecule has 2 rings (SSSR count). The second-order valence-corrected chi connectivity index (χ2v) is 5.85. The van der Waals surface area contributed by atoms with Crippen LogP contribution in [-0.4, -0.2) is 25.7 Å². The Morgan fingerprint density at radius 2 is 2.15 bits per heavy atom. The van der Waals surface area contributed by atoms with Gasteiger partial charge in [-0.2, -0.15) is 5.10 Å². The lowest BCUT2D eigenvalue weighted by Crippen LogP contribution is -2.14. The van der Waals surface area contributed by atoms with Crippen molar-refractivity contribution in [3.05, 3.63) is 36.2 Å². The number of hydrogen-bond donors (Lipinski definition) is 3. The van der Waals surface area contributed by atoms with E-state index in [1.54, 1.807) is 12.3 Å². The van der Waals surface area contributed by atoms with Gasteiger partial charge >= 0.3 is 0 Å². The van der Waals surface area contributed by atoms with Gasteiger partial charge < -0.3 is 10.1 Å². The van der Waals surface area contributed by atoms with Crippen LogP contribution in [0, 0.1) is 0 Å². The molecule has 1 aromatic heterocycles. The Bertz CT molecular complexity index is 683. The van der Waals surface area contributed by atoms with Gasteiger partial charge in [0.1, 0.15) is 5.75 Å².